The molecule has 0 spiro atoms. The van der Waals surface area contributed by atoms with Gasteiger partial charge in [0.2, 0.25) is 0 Å². The van der Waals surface area contributed by atoms with Gasteiger partial charge in [-0.25, -0.2) is 9.78 Å². The maximum Gasteiger partial charge on any atom is 0.317 e. The van der Waals surface area contributed by atoms with Crippen LogP contribution in [-0.4, -0.2) is 40.5 Å². The molecule has 6 heteroatoms. The van der Waals surface area contributed by atoms with Gasteiger partial charge in [0.1, 0.15) is 0 Å². The van der Waals surface area contributed by atoms with Crippen LogP contribution in [0.2, 0.25) is 0 Å². The molecular weight excluding hydrogens is 286 g/mol. The molecule has 0 bridgehead atoms. The maximum absolute atomic E-state index is 12.1. The molecule has 0 unspecified atom stereocenters. The van der Waals surface area contributed by atoms with Crippen molar-refractivity contribution < 1.29 is 9.21 Å². The molecule has 1 aromatic heterocycles. The van der Waals surface area contributed by atoms with Gasteiger partial charge in [0.15, 0.2) is 12.2 Å². The van der Waals surface area contributed by atoms with Crippen LogP contribution in [0.3, 0.4) is 0 Å². The van der Waals surface area contributed by atoms with Crippen molar-refractivity contribution in [1.29, 1.82) is 0 Å². The summed E-state index contributed by atoms with van der Waals surface area (Å²) in [6, 6.07) is 7.93. The van der Waals surface area contributed by atoms with E-state index in [9.17, 15) is 4.79 Å². The summed E-state index contributed by atoms with van der Waals surface area (Å²) >= 11 is 1.89. The van der Waals surface area contributed by atoms with E-state index >= 15 is 0 Å². The van der Waals surface area contributed by atoms with Crippen molar-refractivity contribution in [2.45, 2.75) is 6.54 Å². The second-order valence-corrected chi connectivity index (χ2v) is 6.05. The first-order valence-corrected chi connectivity index (χ1v) is 8.07. The first-order valence-electron chi connectivity index (χ1n) is 6.91. The van der Waals surface area contributed by atoms with Crippen molar-refractivity contribution in [1.82, 2.24) is 15.2 Å². The lowest BCUT2D eigenvalue weighted by Crippen LogP contribution is -2.44. The molecule has 1 aliphatic rings. The third-order valence-electron chi connectivity index (χ3n) is 3.39. The summed E-state index contributed by atoms with van der Waals surface area (Å²) < 4.78 is 5.29. The van der Waals surface area contributed by atoms with Crippen LogP contribution in [0.1, 0.15) is 5.56 Å². The molecule has 2 heterocycles. The van der Waals surface area contributed by atoms with Gasteiger partial charge in [-0.05, 0) is 11.6 Å². The van der Waals surface area contributed by atoms with Crippen molar-refractivity contribution in [2.75, 3.05) is 24.6 Å². The third kappa shape index (κ3) is 3.58. The van der Waals surface area contributed by atoms with Gasteiger partial charge in [-0.2, -0.15) is 11.8 Å². The highest BCUT2D eigenvalue weighted by atomic mass is 32.2. The van der Waals surface area contributed by atoms with E-state index in [0.717, 1.165) is 41.5 Å². The average Bonchev–Trinajstić information content (AvgIpc) is 3.08. The van der Waals surface area contributed by atoms with Gasteiger partial charge in [0.25, 0.3) is 0 Å². The lowest BCUT2D eigenvalue weighted by molar-refractivity contribution is 0.202. The predicted molar refractivity (Wildman–Crippen MR) is 83.1 cm³/mol. The van der Waals surface area contributed by atoms with E-state index in [4.69, 9.17) is 4.42 Å². The van der Waals surface area contributed by atoms with Gasteiger partial charge in [0, 0.05) is 36.7 Å². The fraction of sp³-hybridized carbons (Fsp3) is 0.333. The standard InChI is InChI=1S/C15H17N3O2S/c19-15(18-4-6-21-7-5-18)17-9-12-2-1-3-13(8-12)14-10-16-11-20-14/h1-3,8,10-11H,4-7,9H2,(H,17,19). The van der Waals surface area contributed by atoms with Crippen molar-refractivity contribution >= 4 is 17.8 Å². The number of hydrogen-bond acceptors (Lipinski definition) is 4. The van der Waals surface area contributed by atoms with Crippen molar-refractivity contribution in [3.8, 4) is 11.3 Å². The SMILES string of the molecule is O=C(NCc1cccc(-c2cnco2)c1)N1CCSCC1. The van der Waals surface area contributed by atoms with Gasteiger partial charge in [-0.15, -0.1) is 0 Å². The Morgan fingerprint density at radius 2 is 2.24 bits per heavy atom. The normalized spacial score (nSPS) is 15.0. The summed E-state index contributed by atoms with van der Waals surface area (Å²) in [7, 11) is 0. The van der Waals surface area contributed by atoms with Crippen LogP contribution in [0.25, 0.3) is 11.3 Å². The van der Waals surface area contributed by atoms with Crippen molar-refractivity contribution in [3.05, 3.63) is 42.4 Å². The largest absolute Gasteiger partial charge is 0.444 e. The Bertz CT molecular complexity index is 595. The third-order valence-corrected chi connectivity index (χ3v) is 4.33. The molecular formula is C15H17N3O2S. The number of hydrogen-bond donors (Lipinski definition) is 1. The zero-order valence-electron chi connectivity index (χ0n) is 11.6. The minimum atomic E-state index is 0.0142. The number of carbonyl (C=O) groups excluding carboxylic acids is 1. The summed E-state index contributed by atoms with van der Waals surface area (Å²) in [4.78, 5) is 17.9. The molecule has 0 saturated carbocycles. The van der Waals surface area contributed by atoms with Crippen LogP contribution in [0.4, 0.5) is 4.79 Å². The quantitative estimate of drug-likeness (QED) is 0.947. The lowest BCUT2D eigenvalue weighted by Gasteiger charge is -2.26. The number of urea groups is 1. The first-order chi connectivity index (χ1) is 10.3. The van der Waals surface area contributed by atoms with Crippen LogP contribution in [-0.2, 0) is 6.54 Å². The topological polar surface area (TPSA) is 58.4 Å². The second kappa shape index (κ2) is 6.67. The Morgan fingerprint density at radius 1 is 1.38 bits per heavy atom. The number of amides is 2. The van der Waals surface area contributed by atoms with Crippen molar-refractivity contribution in [3.63, 3.8) is 0 Å². The first kappa shape index (κ1) is 14.0. The zero-order valence-corrected chi connectivity index (χ0v) is 12.4. The zero-order chi connectivity index (χ0) is 14.5. The predicted octanol–water partition coefficient (Wildman–Crippen LogP) is 2.60. The molecule has 5 nitrogen and oxygen atoms in total. The molecule has 3 rings (SSSR count). The Labute approximate surface area is 127 Å². The number of carbonyl (C=O) groups is 1. The molecule has 2 aromatic rings. The minimum Gasteiger partial charge on any atom is -0.444 e. The van der Waals surface area contributed by atoms with Gasteiger partial charge in [-0.3, -0.25) is 0 Å². The fourth-order valence-electron chi connectivity index (χ4n) is 2.25. The number of rotatable bonds is 3. The fourth-order valence-corrected chi connectivity index (χ4v) is 3.15. The summed E-state index contributed by atoms with van der Waals surface area (Å²) in [5, 5.41) is 2.97. The molecule has 110 valence electrons. The van der Waals surface area contributed by atoms with E-state index in [2.05, 4.69) is 10.3 Å². The van der Waals surface area contributed by atoms with Gasteiger partial charge < -0.3 is 14.6 Å². The highest BCUT2D eigenvalue weighted by Crippen LogP contribution is 2.19. The van der Waals surface area contributed by atoms with E-state index in [1.807, 2.05) is 40.9 Å². The Kier molecular flexibility index (Phi) is 4.45. The maximum atomic E-state index is 12.1. The molecule has 1 N–H and O–H groups in total. The molecule has 0 radical (unpaired) electrons. The van der Waals surface area contributed by atoms with Crippen LogP contribution in [0.15, 0.2) is 41.3 Å². The number of aromatic nitrogens is 1. The number of oxazole rings is 1. The van der Waals surface area contributed by atoms with Crippen LogP contribution >= 0.6 is 11.8 Å². The number of thioether (sulfide) groups is 1. The smallest absolute Gasteiger partial charge is 0.317 e. The summed E-state index contributed by atoms with van der Waals surface area (Å²) in [5.74, 6) is 2.78. The van der Waals surface area contributed by atoms with Crippen LogP contribution in [0.5, 0.6) is 0 Å². The summed E-state index contributed by atoms with van der Waals surface area (Å²) in [6.45, 7) is 2.17. The Hall–Kier alpha value is -1.95. The van der Waals surface area contributed by atoms with Gasteiger partial charge in [-0.1, -0.05) is 18.2 Å². The van der Waals surface area contributed by atoms with Gasteiger partial charge in [0.05, 0.1) is 6.20 Å². The molecule has 2 amide bonds. The summed E-state index contributed by atoms with van der Waals surface area (Å²) in [6.07, 6.45) is 3.10. The second-order valence-electron chi connectivity index (χ2n) is 4.82. The monoisotopic (exact) mass is 303 g/mol. The summed E-state index contributed by atoms with van der Waals surface area (Å²) in [5.41, 5.74) is 2.01. The van der Waals surface area contributed by atoms with Crippen LogP contribution in [0, 0.1) is 0 Å². The molecule has 0 aliphatic carbocycles. The minimum absolute atomic E-state index is 0.0142. The Balaban J connectivity index is 1.60. The van der Waals surface area contributed by atoms with E-state index in [1.165, 1.54) is 6.39 Å². The molecule has 0 atom stereocenters. The van der Waals surface area contributed by atoms with E-state index in [0.29, 0.717) is 6.54 Å². The Morgan fingerprint density at radius 3 is 3.00 bits per heavy atom. The number of nitrogens with zero attached hydrogens (tertiary/aromatic N) is 2. The average molecular weight is 303 g/mol. The molecule has 21 heavy (non-hydrogen) atoms. The van der Waals surface area contributed by atoms with Crippen molar-refractivity contribution in [2.24, 2.45) is 0 Å². The lowest BCUT2D eigenvalue weighted by atomic mass is 10.1. The van der Waals surface area contributed by atoms with Crippen LogP contribution < -0.4 is 5.32 Å². The molecule has 1 aromatic carbocycles. The van der Waals surface area contributed by atoms with E-state index in [1.54, 1.807) is 6.20 Å². The highest BCUT2D eigenvalue weighted by molar-refractivity contribution is 7.99. The van der Waals surface area contributed by atoms with E-state index < -0.39 is 0 Å². The molecule has 1 saturated heterocycles. The number of nitrogens with one attached hydrogen (secondary N) is 1. The van der Waals surface area contributed by atoms with Gasteiger partial charge >= 0.3 is 6.03 Å². The number of benzene rings is 1. The van der Waals surface area contributed by atoms with E-state index in [-0.39, 0.29) is 6.03 Å². The highest BCUT2D eigenvalue weighted by Gasteiger charge is 2.16. The molecule has 1 fully saturated rings. The molecule has 1 aliphatic heterocycles.